The zero-order valence-electron chi connectivity index (χ0n) is 12.9. The Hall–Kier alpha value is -0.850. The molecule has 2 amide bonds. The molecule has 6 nitrogen and oxygen atoms in total. The molecule has 1 aliphatic heterocycles. The molecule has 0 aromatic heterocycles. The van der Waals surface area contributed by atoms with Gasteiger partial charge >= 0.3 is 0 Å². The first-order chi connectivity index (χ1) is 9.33. The summed E-state index contributed by atoms with van der Waals surface area (Å²) in [4.78, 5) is 24.2. The second-order valence-corrected chi connectivity index (χ2v) is 6.30. The van der Waals surface area contributed by atoms with Gasteiger partial charge in [0.15, 0.2) is 0 Å². The quantitative estimate of drug-likeness (QED) is 0.696. The minimum atomic E-state index is -0.968. The fourth-order valence-electron chi connectivity index (χ4n) is 3.02. The van der Waals surface area contributed by atoms with Gasteiger partial charge < -0.3 is 21.1 Å². The van der Waals surface area contributed by atoms with Crippen LogP contribution in [-0.4, -0.2) is 42.7 Å². The summed E-state index contributed by atoms with van der Waals surface area (Å²) >= 11 is 0. The van der Waals surface area contributed by atoms with Crippen molar-refractivity contribution in [2.45, 2.75) is 57.7 Å². The van der Waals surface area contributed by atoms with Crippen LogP contribution in [0.1, 0.15) is 40.0 Å². The van der Waals surface area contributed by atoms with E-state index in [1.165, 1.54) is 0 Å². The number of nitrogens with one attached hydrogen (secondary N) is 2. The van der Waals surface area contributed by atoms with E-state index in [1.807, 2.05) is 20.8 Å². The summed E-state index contributed by atoms with van der Waals surface area (Å²) < 4.78 is 5.61. The SMILES string of the molecule is CCOC1CC(N)(C(=O)NC2CCCNC2=O)C1(C)C.Cl. The Balaban J connectivity index is 0.00000220. The van der Waals surface area contributed by atoms with Gasteiger partial charge in [0.2, 0.25) is 11.8 Å². The van der Waals surface area contributed by atoms with Crippen LogP contribution in [0.5, 0.6) is 0 Å². The molecule has 3 atom stereocenters. The normalized spacial score (nSPS) is 34.2. The third-order valence-electron chi connectivity index (χ3n) is 4.83. The third-order valence-corrected chi connectivity index (χ3v) is 4.83. The van der Waals surface area contributed by atoms with Gasteiger partial charge in [-0.2, -0.15) is 0 Å². The Morgan fingerprint density at radius 2 is 2.19 bits per heavy atom. The molecule has 2 fully saturated rings. The highest BCUT2D eigenvalue weighted by Crippen LogP contribution is 2.49. The summed E-state index contributed by atoms with van der Waals surface area (Å²) in [6.45, 7) is 7.10. The molecule has 1 heterocycles. The second kappa shape index (κ2) is 6.50. The first-order valence-corrected chi connectivity index (χ1v) is 7.32. The first kappa shape index (κ1) is 18.2. The van der Waals surface area contributed by atoms with Crippen LogP contribution >= 0.6 is 12.4 Å². The number of hydrogen-bond acceptors (Lipinski definition) is 4. The van der Waals surface area contributed by atoms with Crippen molar-refractivity contribution in [1.29, 1.82) is 0 Å². The predicted octanol–water partition coefficient (Wildman–Crippen LogP) is 0.336. The first-order valence-electron chi connectivity index (χ1n) is 7.32. The van der Waals surface area contributed by atoms with Gasteiger partial charge in [0.25, 0.3) is 0 Å². The molecule has 3 unspecified atom stereocenters. The van der Waals surface area contributed by atoms with Crippen molar-refractivity contribution in [2.24, 2.45) is 11.1 Å². The van der Waals surface area contributed by atoms with Crippen molar-refractivity contribution in [1.82, 2.24) is 10.6 Å². The maximum atomic E-state index is 12.5. The summed E-state index contributed by atoms with van der Waals surface area (Å²) in [5, 5.41) is 5.55. The number of amides is 2. The van der Waals surface area contributed by atoms with Crippen LogP contribution in [0, 0.1) is 5.41 Å². The molecule has 7 heteroatoms. The Kier molecular flexibility index (Phi) is 5.63. The standard InChI is InChI=1S/C14H25N3O3.ClH/c1-4-20-10-8-14(15,13(10,2)3)12(19)17-9-6-5-7-16-11(9)18;/h9-10H,4-8,15H2,1-3H3,(H,16,18)(H,17,19);1H. The van der Waals surface area contributed by atoms with Crippen LogP contribution in [-0.2, 0) is 14.3 Å². The molecule has 0 aromatic carbocycles. The lowest BCUT2D eigenvalue weighted by molar-refractivity contribution is -0.171. The van der Waals surface area contributed by atoms with Gasteiger partial charge in [0, 0.05) is 25.0 Å². The second-order valence-electron chi connectivity index (χ2n) is 6.30. The highest BCUT2D eigenvalue weighted by molar-refractivity contribution is 5.93. The van der Waals surface area contributed by atoms with Gasteiger partial charge in [-0.3, -0.25) is 9.59 Å². The molecule has 4 N–H and O–H groups in total. The van der Waals surface area contributed by atoms with Crippen LogP contribution in [0.15, 0.2) is 0 Å². The van der Waals surface area contributed by atoms with Crippen LogP contribution < -0.4 is 16.4 Å². The Bertz CT molecular complexity index is 416. The molecule has 0 aromatic rings. The van der Waals surface area contributed by atoms with E-state index in [1.54, 1.807) is 0 Å². The zero-order chi connectivity index (χ0) is 15.0. The van der Waals surface area contributed by atoms with E-state index in [-0.39, 0.29) is 30.3 Å². The van der Waals surface area contributed by atoms with Gasteiger partial charge in [-0.1, -0.05) is 13.8 Å². The molecule has 1 aliphatic carbocycles. The van der Waals surface area contributed by atoms with Crippen LogP contribution in [0.2, 0.25) is 0 Å². The molecule has 1 saturated heterocycles. The third kappa shape index (κ3) is 3.03. The van der Waals surface area contributed by atoms with Gasteiger partial charge in [-0.05, 0) is 19.8 Å². The van der Waals surface area contributed by atoms with Crippen molar-refractivity contribution in [3.63, 3.8) is 0 Å². The number of piperidine rings is 1. The minimum Gasteiger partial charge on any atom is -0.378 e. The van der Waals surface area contributed by atoms with Crippen molar-refractivity contribution in [3.05, 3.63) is 0 Å². The largest absolute Gasteiger partial charge is 0.378 e. The number of carbonyl (C=O) groups excluding carboxylic acids is 2. The van der Waals surface area contributed by atoms with Crippen molar-refractivity contribution in [2.75, 3.05) is 13.2 Å². The van der Waals surface area contributed by atoms with Crippen LogP contribution in [0.3, 0.4) is 0 Å². The minimum absolute atomic E-state index is 0. The molecule has 2 rings (SSSR count). The maximum absolute atomic E-state index is 12.5. The summed E-state index contributed by atoms with van der Waals surface area (Å²) in [7, 11) is 0. The molecule has 122 valence electrons. The lowest BCUT2D eigenvalue weighted by Crippen LogP contribution is -2.76. The molecule has 0 spiro atoms. The highest BCUT2D eigenvalue weighted by Gasteiger charge is 2.63. The molecular formula is C14H26ClN3O3. The van der Waals surface area contributed by atoms with E-state index in [2.05, 4.69) is 10.6 Å². The predicted molar refractivity (Wildman–Crippen MR) is 82.2 cm³/mol. The molecular weight excluding hydrogens is 294 g/mol. The highest BCUT2D eigenvalue weighted by atomic mass is 35.5. The fraction of sp³-hybridized carbons (Fsp3) is 0.857. The van der Waals surface area contributed by atoms with Crippen molar-refractivity contribution < 1.29 is 14.3 Å². The summed E-state index contributed by atoms with van der Waals surface area (Å²) in [6.07, 6.45) is 2.03. The van der Waals surface area contributed by atoms with Gasteiger partial charge in [0.1, 0.15) is 11.6 Å². The van der Waals surface area contributed by atoms with Crippen molar-refractivity contribution >= 4 is 24.2 Å². The van der Waals surface area contributed by atoms with E-state index >= 15 is 0 Å². The maximum Gasteiger partial charge on any atom is 0.242 e. The lowest BCUT2D eigenvalue weighted by atomic mass is 9.54. The molecule has 0 bridgehead atoms. The number of nitrogens with two attached hydrogens (primary N) is 1. The molecule has 1 saturated carbocycles. The van der Waals surface area contributed by atoms with Gasteiger partial charge in [-0.25, -0.2) is 0 Å². The monoisotopic (exact) mass is 319 g/mol. The topological polar surface area (TPSA) is 93.4 Å². The lowest BCUT2D eigenvalue weighted by Gasteiger charge is -2.57. The van der Waals surface area contributed by atoms with Gasteiger partial charge in [-0.15, -0.1) is 12.4 Å². The van der Waals surface area contributed by atoms with Crippen LogP contribution in [0.25, 0.3) is 0 Å². The summed E-state index contributed by atoms with van der Waals surface area (Å²) in [5.74, 6) is -0.368. The number of halogens is 1. The number of carbonyl (C=O) groups is 2. The molecule has 21 heavy (non-hydrogen) atoms. The van der Waals surface area contributed by atoms with E-state index in [4.69, 9.17) is 10.5 Å². The Labute approximate surface area is 132 Å². The summed E-state index contributed by atoms with van der Waals surface area (Å²) in [6, 6.07) is -0.460. The van der Waals surface area contributed by atoms with Crippen LogP contribution in [0.4, 0.5) is 0 Å². The molecule has 2 aliphatic rings. The number of hydrogen-bond donors (Lipinski definition) is 3. The average Bonchev–Trinajstić information content (AvgIpc) is 2.40. The average molecular weight is 320 g/mol. The van der Waals surface area contributed by atoms with Gasteiger partial charge in [0.05, 0.1) is 6.10 Å². The number of ether oxygens (including phenoxy) is 1. The zero-order valence-corrected chi connectivity index (χ0v) is 13.7. The molecule has 0 radical (unpaired) electrons. The van der Waals surface area contributed by atoms with E-state index in [9.17, 15) is 9.59 Å². The summed E-state index contributed by atoms with van der Waals surface area (Å²) in [5.41, 5.74) is 4.88. The fourth-order valence-corrected chi connectivity index (χ4v) is 3.02. The smallest absolute Gasteiger partial charge is 0.242 e. The van der Waals surface area contributed by atoms with E-state index < -0.39 is 17.0 Å². The Morgan fingerprint density at radius 1 is 1.52 bits per heavy atom. The van der Waals surface area contributed by atoms with E-state index in [0.29, 0.717) is 26.0 Å². The Morgan fingerprint density at radius 3 is 2.71 bits per heavy atom. The number of rotatable bonds is 4. The van der Waals surface area contributed by atoms with Crippen molar-refractivity contribution in [3.8, 4) is 0 Å². The van der Waals surface area contributed by atoms with E-state index in [0.717, 1.165) is 6.42 Å².